The summed E-state index contributed by atoms with van der Waals surface area (Å²) in [7, 11) is 0. The maximum absolute atomic E-state index is 12.1. The second kappa shape index (κ2) is 5.73. The first kappa shape index (κ1) is 13.9. The number of halogens is 1. The molecule has 0 spiro atoms. The molecule has 6 heteroatoms. The van der Waals surface area contributed by atoms with Crippen molar-refractivity contribution in [3.05, 3.63) is 52.7 Å². The van der Waals surface area contributed by atoms with Gasteiger partial charge in [0.1, 0.15) is 5.58 Å². The van der Waals surface area contributed by atoms with Gasteiger partial charge >= 0.3 is 0 Å². The predicted molar refractivity (Wildman–Crippen MR) is 83.2 cm³/mol. The second-order valence-corrected chi connectivity index (χ2v) is 5.69. The molecule has 0 saturated carbocycles. The lowest BCUT2D eigenvalue weighted by atomic mass is 10.2. The van der Waals surface area contributed by atoms with Crippen LogP contribution in [-0.2, 0) is 6.54 Å². The first-order valence-electron chi connectivity index (χ1n) is 6.57. The highest BCUT2D eigenvalue weighted by Crippen LogP contribution is 2.28. The normalized spacial score (nSPS) is 11.0. The van der Waals surface area contributed by atoms with Crippen LogP contribution in [0.4, 0.5) is 0 Å². The summed E-state index contributed by atoms with van der Waals surface area (Å²) in [6.45, 7) is 3.20. The summed E-state index contributed by atoms with van der Waals surface area (Å²) >= 11 is 3.45. The summed E-state index contributed by atoms with van der Waals surface area (Å²) < 4.78 is 8.38. The highest BCUT2D eigenvalue weighted by atomic mass is 79.9. The Bertz CT molecular complexity index is 778. The number of hydrogen-bond acceptors (Lipinski definition) is 3. The van der Waals surface area contributed by atoms with Gasteiger partial charge in [-0.25, -0.2) is 4.98 Å². The molecule has 0 bridgehead atoms. The van der Waals surface area contributed by atoms with Gasteiger partial charge in [0.2, 0.25) is 0 Å². The van der Waals surface area contributed by atoms with E-state index < -0.39 is 0 Å². The lowest BCUT2D eigenvalue weighted by molar-refractivity contribution is 0.0926. The van der Waals surface area contributed by atoms with E-state index in [1.807, 2.05) is 29.8 Å². The van der Waals surface area contributed by atoms with Crippen molar-refractivity contribution in [2.24, 2.45) is 0 Å². The van der Waals surface area contributed by atoms with Crippen LogP contribution in [0, 0.1) is 6.92 Å². The molecule has 0 radical (unpaired) electrons. The van der Waals surface area contributed by atoms with Crippen LogP contribution in [0.15, 0.2) is 45.8 Å². The Morgan fingerprint density at radius 3 is 3.05 bits per heavy atom. The molecule has 1 N–H and O–H groups in total. The van der Waals surface area contributed by atoms with E-state index >= 15 is 0 Å². The molecular formula is C15H14BrN3O2. The van der Waals surface area contributed by atoms with E-state index in [2.05, 4.69) is 26.2 Å². The van der Waals surface area contributed by atoms with Crippen molar-refractivity contribution in [2.75, 3.05) is 6.54 Å². The minimum Gasteiger partial charge on any atom is -0.450 e. The third-order valence-electron chi connectivity index (χ3n) is 3.15. The van der Waals surface area contributed by atoms with E-state index in [4.69, 9.17) is 4.42 Å². The van der Waals surface area contributed by atoms with Gasteiger partial charge in [0.05, 0.1) is 10.8 Å². The highest BCUT2D eigenvalue weighted by Gasteiger charge is 2.13. The Hall–Kier alpha value is -2.08. The lowest BCUT2D eigenvalue weighted by Crippen LogP contribution is -2.26. The van der Waals surface area contributed by atoms with Crippen LogP contribution in [0.1, 0.15) is 16.1 Å². The zero-order chi connectivity index (χ0) is 14.8. The largest absolute Gasteiger partial charge is 0.450 e. The molecular weight excluding hydrogens is 334 g/mol. The molecule has 0 aliphatic heterocycles. The number of nitrogens with zero attached hydrogens (tertiary/aromatic N) is 2. The fourth-order valence-corrected chi connectivity index (χ4v) is 2.84. The van der Waals surface area contributed by atoms with Gasteiger partial charge in [-0.05, 0) is 46.6 Å². The zero-order valence-corrected chi connectivity index (χ0v) is 13.1. The van der Waals surface area contributed by atoms with Gasteiger partial charge in [-0.3, -0.25) is 4.79 Å². The number of aryl methyl sites for hydroxylation is 1. The van der Waals surface area contributed by atoms with Crippen molar-refractivity contribution in [3.8, 4) is 0 Å². The molecule has 2 heterocycles. The number of hydrogen-bond donors (Lipinski definition) is 1. The maximum Gasteiger partial charge on any atom is 0.287 e. The molecule has 5 nitrogen and oxygen atoms in total. The number of amides is 1. The molecule has 0 aliphatic carbocycles. The summed E-state index contributed by atoms with van der Waals surface area (Å²) in [5, 5.41) is 3.75. The average Bonchev–Trinajstić information content (AvgIpc) is 3.07. The monoisotopic (exact) mass is 347 g/mol. The molecule has 1 aromatic carbocycles. The minimum absolute atomic E-state index is 0.212. The van der Waals surface area contributed by atoms with E-state index in [9.17, 15) is 4.79 Å². The summed E-state index contributed by atoms with van der Waals surface area (Å²) in [6, 6.07) is 5.72. The Morgan fingerprint density at radius 1 is 1.43 bits per heavy atom. The van der Waals surface area contributed by atoms with Crippen molar-refractivity contribution in [3.63, 3.8) is 0 Å². The first-order valence-corrected chi connectivity index (χ1v) is 7.36. The topological polar surface area (TPSA) is 60.1 Å². The number of fused-ring (bicyclic) bond motifs is 1. The quantitative estimate of drug-likeness (QED) is 0.788. The summed E-state index contributed by atoms with van der Waals surface area (Å²) in [4.78, 5) is 16.0. The Kier molecular flexibility index (Phi) is 3.79. The molecule has 0 aliphatic rings. The Labute approximate surface area is 130 Å². The minimum atomic E-state index is -0.212. The van der Waals surface area contributed by atoms with Gasteiger partial charge in [0.25, 0.3) is 5.91 Å². The molecule has 3 aromatic rings. The molecule has 3 rings (SSSR count). The van der Waals surface area contributed by atoms with E-state index in [-0.39, 0.29) is 5.91 Å². The Morgan fingerprint density at radius 2 is 2.29 bits per heavy atom. The van der Waals surface area contributed by atoms with Gasteiger partial charge in [0.15, 0.2) is 5.76 Å². The van der Waals surface area contributed by atoms with Crippen LogP contribution < -0.4 is 5.32 Å². The fourth-order valence-electron chi connectivity index (χ4n) is 2.17. The van der Waals surface area contributed by atoms with Crippen molar-refractivity contribution in [1.82, 2.24) is 14.9 Å². The third-order valence-corrected chi connectivity index (χ3v) is 3.74. The zero-order valence-electron chi connectivity index (χ0n) is 11.5. The van der Waals surface area contributed by atoms with Crippen molar-refractivity contribution in [2.45, 2.75) is 13.5 Å². The van der Waals surface area contributed by atoms with Crippen LogP contribution in [0.3, 0.4) is 0 Å². The standard InChI is InChI=1S/C15H14BrN3O2/c1-10-6-11-8-13(21-14(11)12(16)7-10)15(20)18-3-5-19-4-2-17-9-19/h2,4,6-9H,3,5H2,1H3,(H,18,20). The second-order valence-electron chi connectivity index (χ2n) is 4.83. The number of carbonyl (C=O) groups is 1. The van der Waals surface area contributed by atoms with Gasteiger partial charge < -0.3 is 14.3 Å². The number of nitrogens with one attached hydrogen (secondary N) is 1. The van der Waals surface area contributed by atoms with Crippen LogP contribution in [-0.4, -0.2) is 22.0 Å². The van der Waals surface area contributed by atoms with Gasteiger partial charge in [-0.2, -0.15) is 0 Å². The SMILES string of the molecule is Cc1cc(Br)c2oc(C(=O)NCCn3ccnc3)cc2c1. The molecule has 1 amide bonds. The third kappa shape index (κ3) is 3.00. The van der Waals surface area contributed by atoms with Gasteiger partial charge in [-0.1, -0.05) is 0 Å². The molecule has 21 heavy (non-hydrogen) atoms. The summed E-state index contributed by atoms with van der Waals surface area (Å²) in [6.07, 6.45) is 5.28. The number of aromatic nitrogens is 2. The van der Waals surface area contributed by atoms with Crippen LogP contribution in [0.2, 0.25) is 0 Å². The maximum atomic E-state index is 12.1. The highest BCUT2D eigenvalue weighted by molar-refractivity contribution is 9.10. The van der Waals surface area contributed by atoms with Crippen LogP contribution in [0.5, 0.6) is 0 Å². The van der Waals surface area contributed by atoms with Crippen molar-refractivity contribution in [1.29, 1.82) is 0 Å². The van der Waals surface area contributed by atoms with E-state index in [0.717, 1.165) is 15.4 Å². The lowest BCUT2D eigenvalue weighted by Gasteiger charge is -2.03. The van der Waals surface area contributed by atoms with Crippen LogP contribution >= 0.6 is 15.9 Å². The average molecular weight is 348 g/mol. The molecule has 108 valence electrons. The molecule has 2 aromatic heterocycles. The molecule has 0 fully saturated rings. The first-order chi connectivity index (χ1) is 10.1. The predicted octanol–water partition coefficient (Wildman–Crippen LogP) is 3.13. The van der Waals surface area contributed by atoms with Crippen molar-refractivity contribution >= 4 is 32.8 Å². The smallest absolute Gasteiger partial charge is 0.287 e. The van der Waals surface area contributed by atoms with E-state index in [0.29, 0.717) is 24.4 Å². The van der Waals surface area contributed by atoms with E-state index in [1.165, 1.54) is 0 Å². The Balaban J connectivity index is 1.71. The number of imidazole rings is 1. The number of rotatable bonds is 4. The van der Waals surface area contributed by atoms with Crippen molar-refractivity contribution < 1.29 is 9.21 Å². The summed E-state index contributed by atoms with van der Waals surface area (Å²) in [5.41, 5.74) is 1.81. The number of carbonyl (C=O) groups excluding carboxylic acids is 1. The van der Waals surface area contributed by atoms with Gasteiger partial charge in [-0.15, -0.1) is 0 Å². The van der Waals surface area contributed by atoms with E-state index in [1.54, 1.807) is 18.6 Å². The molecule has 0 saturated heterocycles. The van der Waals surface area contributed by atoms with Crippen LogP contribution in [0.25, 0.3) is 11.0 Å². The molecule has 0 unspecified atom stereocenters. The number of benzene rings is 1. The molecule has 0 atom stereocenters. The number of furan rings is 1. The van der Waals surface area contributed by atoms with Gasteiger partial charge in [0, 0.05) is 30.9 Å². The fraction of sp³-hybridized carbons (Fsp3) is 0.200. The summed E-state index contributed by atoms with van der Waals surface area (Å²) in [5.74, 6) is 0.109.